The molecule has 0 fully saturated rings. The number of aryl methyl sites for hydroxylation is 4. The molecule has 0 spiro atoms. The Hall–Kier alpha value is -6.31. The fourth-order valence-corrected chi connectivity index (χ4v) is 7.61. The van der Waals surface area contributed by atoms with Crippen LogP contribution in [0, 0.1) is 27.7 Å². The summed E-state index contributed by atoms with van der Waals surface area (Å²) in [6, 6.07) is 61.8. The zero-order valence-corrected chi connectivity index (χ0v) is 30.2. The van der Waals surface area contributed by atoms with Crippen LogP contribution in [-0.4, -0.2) is 4.98 Å². The molecule has 1 nitrogen and oxygen atoms in total. The van der Waals surface area contributed by atoms with Gasteiger partial charge >= 0.3 is 0 Å². The highest BCUT2D eigenvalue weighted by atomic mass is 14.7. The number of hydrogen-bond acceptors (Lipinski definition) is 1. The molecular weight excluding hydrogens is 627 g/mol. The van der Waals surface area contributed by atoms with Crippen molar-refractivity contribution in [3.8, 4) is 78.0 Å². The van der Waals surface area contributed by atoms with E-state index in [4.69, 9.17) is 4.98 Å². The normalized spacial score (nSPS) is 11.1. The highest BCUT2D eigenvalue weighted by Gasteiger charge is 2.16. The summed E-state index contributed by atoms with van der Waals surface area (Å²) in [5.41, 5.74) is 21.5. The first-order chi connectivity index (χ1) is 25.4. The second kappa shape index (κ2) is 14.1. The molecule has 0 N–H and O–H groups in total. The molecule has 0 atom stereocenters. The third-order valence-corrected chi connectivity index (χ3v) is 9.88. The predicted octanol–water partition coefficient (Wildman–Crippen LogP) is 14.0. The van der Waals surface area contributed by atoms with Gasteiger partial charge in [0, 0.05) is 17.3 Å². The molecule has 1 aromatic heterocycles. The Bertz CT molecular complexity index is 2500. The van der Waals surface area contributed by atoms with Crippen LogP contribution in [0.3, 0.4) is 0 Å². The summed E-state index contributed by atoms with van der Waals surface area (Å²) in [5.74, 6) is 0. The van der Waals surface area contributed by atoms with Crippen LogP contribution in [0.2, 0.25) is 0 Å². The summed E-state index contributed by atoms with van der Waals surface area (Å²) >= 11 is 0. The van der Waals surface area contributed by atoms with E-state index in [9.17, 15) is 0 Å². The molecule has 7 aromatic carbocycles. The van der Waals surface area contributed by atoms with Crippen LogP contribution < -0.4 is 0 Å². The van der Waals surface area contributed by atoms with E-state index in [0.717, 1.165) is 16.8 Å². The van der Waals surface area contributed by atoms with Gasteiger partial charge in [0.25, 0.3) is 0 Å². The molecule has 8 rings (SSSR count). The van der Waals surface area contributed by atoms with E-state index < -0.39 is 0 Å². The van der Waals surface area contributed by atoms with Crippen LogP contribution in [-0.2, 0) is 0 Å². The van der Waals surface area contributed by atoms with E-state index in [-0.39, 0.29) is 0 Å². The lowest BCUT2D eigenvalue weighted by atomic mass is 9.86. The SMILES string of the molecule is Cc1cc(C)cc(-c2ccccc2-c2ccc(-c3ccc(-c4ccccc4-c4cc(C)cc(C)c4)c(-c4cccc(-c5ccccc5)c4)c3)nc2)c1. The second-order valence-electron chi connectivity index (χ2n) is 14.0. The van der Waals surface area contributed by atoms with E-state index in [1.165, 1.54) is 83.5 Å². The van der Waals surface area contributed by atoms with Crippen molar-refractivity contribution in [3.05, 3.63) is 198 Å². The van der Waals surface area contributed by atoms with Gasteiger partial charge in [0.2, 0.25) is 0 Å². The molecule has 0 radical (unpaired) electrons. The minimum Gasteiger partial charge on any atom is -0.256 e. The van der Waals surface area contributed by atoms with Gasteiger partial charge in [-0.25, -0.2) is 0 Å². The summed E-state index contributed by atoms with van der Waals surface area (Å²) in [6.07, 6.45) is 2.02. The van der Waals surface area contributed by atoms with Crippen molar-refractivity contribution < 1.29 is 0 Å². The monoisotopic (exact) mass is 667 g/mol. The number of benzene rings is 7. The van der Waals surface area contributed by atoms with Crippen LogP contribution >= 0.6 is 0 Å². The summed E-state index contributed by atoms with van der Waals surface area (Å²) in [7, 11) is 0. The Morgan fingerprint density at radius 1 is 0.269 bits per heavy atom. The number of nitrogens with zero attached hydrogens (tertiary/aromatic N) is 1. The minimum atomic E-state index is 0.947. The largest absolute Gasteiger partial charge is 0.256 e. The first-order valence-corrected chi connectivity index (χ1v) is 18.0. The van der Waals surface area contributed by atoms with Gasteiger partial charge < -0.3 is 0 Å². The Balaban J connectivity index is 1.25. The Kier molecular flexibility index (Phi) is 8.93. The molecule has 0 aliphatic carbocycles. The molecular formula is C51H41N. The molecule has 0 amide bonds. The molecule has 250 valence electrons. The number of aromatic nitrogens is 1. The molecule has 8 aromatic rings. The van der Waals surface area contributed by atoms with Crippen molar-refractivity contribution >= 4 is 0 Å². The summed E-state index contributed by atoms with van der Waals surface area (Å²) in [4.78, 5) is 5.08. The van der Waals surface area contributed by atoms with Crippen molar-refractivity contribution in [2.75, 3.05) is 0 Å². The quantitative estimate of drug-likeness (QED) is 0.165. The van der Waals surface area contributed by atoms with Gasteiger partial charge in [0.1, 0.15) is 0 Å². The van der Waals surface area contributed by atoms with Gasteiger partial charge in [-0.3, -0.25) is 4.98 Å². The number of hydrogen-bond donors (Lipinski definition) is 0. The number of pyridine rings is 1. The smallest absolute Gasteiger partial charge is 0.0702 e. The standard InChI is InChI=1S/C51H41N/c1-34-25-35(2)28-43(27-34)46-18-9-8-17-45(46)42-22-24-51(52-33-42)41-21-23-49(48-20-11-10-19-47(48)44-29-36(3)26-37(4)30-44)50(32-41)40-16-12-15-39(31-40)38-13-6-5-7-14-38/h5-33H,1-4H3. The maximum atomic E-state index is 5.08. The van der Waals surface area contributed by atoms with E-state index in [2.05, 4.69) is 198 Å². The molecule has 1 heterocycles. The zero-order chi connectivity index (χ0) is 35.6. The first kappa shape index (κ1) is 32.9. The van der Waals surface area contributed by atoms with Crippen molar-refractivity contribution in [2.45, 2.75) is 27.7 Å². The summed E-state index contributed by atoms with van der Waals surface area (Å²) in [5, 5.41) is 0. The van der Waals surface area contributed by atoms with E-state index >= 15 is 0 Å². The van der Waals surface area contributed by atoms with Gasteiger partial charge in [-0.05, 0) is 107 Å². The Morgan fingerprint density at radius 3 is 1.35 bits per heavy atom. The van der Waals surface area contributed by atoms with Gasteiger partial charge in [-0.1, -0.05) is 174 Å². The van der Waals surface area contributed by atoms with Crippen molar-refractivity contribution in [1.29, 1.82) is 0 Å². The highest BCUT2D eigenvalue weighted by molar-refractivity contribution is 5.94. The lowest BCUT2D eigenvalue weighted by Gasteiger charge is -2.18. The van der Waals surface area contributed by atoms with Gasteiger partial charge in [0.05, 0.1) is 5.69 Å². The van der Waals surface area contributed by atoms with Crippen LogP contribution in [0.25, 0.3) is 78.0 Å². The molecule has 0 saturated heterocycles. The lowest BCUT2D eigenvalue weighted by molar-refractivity contribution is 1.32. The second-order valence-corrected chi connectivity index (χ2v) is 14.0. The summed E-state index contributed by atoms with van der Waals surface area (Å²) in [6.45, 7) is 8.67. The molecule has 0 saturated carbocycles. The van der Waals surface area contributed by atoms with Gasteiger partial charge in [0.15, 0.2) is 0 Å². The van der Waals surface area contributed by atoms with E-state index in [0.29, 0.717) is 0 Å². The van der Waals surface area contributed by atoms with E-state index in [1.807, 2.05) is 6.20 Å². The van der Waals surface area contributed by atoms with Crippen molar-refractivity contribution in [3.63, 3.8) is 0 Å². The van der Waals surface area contributed by atoms with Crippen LogP contribution in [0.4, 0.5) is 0 Å². The predicted molar refractivity (Wildman–Crippen MR) is 221 cm³/mol. The fourth-order valence-electron chi connectivity index (χ4n) is 7.61. The zero-order valence-electron chi connectivity index (χ0n) is 30.2. The van der Waals surface area contributed by atoms with Crippen molar-refractivity contribution in [2.24, 2.45) is 0 Å². The molecule has 0 aliphatic rings. The van der Waals surface area contributed by atoms with E-state index in [1.54, 1.807) is 0 Å². The molecule has 0 unspecified atom stereocenters. The molecule has 1 heteroatoms. The highest BCUT2D eigenvalue weighted by Crippen LogP contribution is 2.42. The third kappa shape index (κ3) is 6.74. The topological polar surface area (TPSA) is 12.9 Å². The average Bonchev–Trinajstić information content (AvgIpc) is 3.17. The van der Waals surface area contributed by atoms with Crippen molar-refractivity contribution in [1.82, 2.24) is 4.98 Å². The average molecular weight is 668 g/mol. The van der Waals surface area contributed by atoms with Crippen LogP contribution in [0.5, 0.6) is 0 Å². The lowest BCUT2D eigenvalue weighted by Crippen LogP contribution is -1.93. The number of rotatable bonds is 7. The molecule has 0 bridgehead atoms. The third-order valence-electron chi connectivity index (χ3n) is 9.88. The van der Waals surface area contributed by atoms with Crippen LogP contribution in [0.15, 0.2) is 176 Å². The Morgan fingerprint density at radius 2 is 0.750 bits per heavy atom. The van der Waals surface area contributed by atoms with Gasteiger partial charge in [-0.2, -0.15) is 0 Å². The Labute approximate surface area is 308 Å². The van der Waals surface area contributed by atoms with Crippen LogP contribution in [0.1, 0.15) is 22.3 Å². The molecule has 52 heavy (non-hydrogen) atoms. The fraction of sp³-hybridized carbons (Fsp3) is 0.0784. The van der Waals surface area contributed by atoms with Gasteiger partial charge in [-0.15, -0.1) is 0 Å². The first-order valence-electron chi connectivity index (χ1n) is 18.0. The molecule has 0 aliphatic heterocycles. The maximum Gasteiger partial charge on any atom is 0.0702 e. The maximum absolute atomic E-state index is 5.08. The minimum absolute atomic E-state index is 0.947. The summed E-state index contributed by atoms with van der Waals surface area (Å²) < 4.78 is 0.